The summed E-state index contributed by atoms with van der Waals surface area (Å²) < 4.78 is 10.9. The van der Waals surface area contributed by atoms with Gasteiger partial charge in [0.2, 0.25) is 0 Å². The summed E-state index contributed by atoms with van der Waals surface area (Å²) in [6.07, 6.45) is 1.38. The zero-order chi connectivity index (χ0) is 19.6. The highest BCUT2D eigenvalue weighted by molar-refractivity contribution is 5.84. The number of rotatable bonds is 3. The van der Waals surface area contributed by atoms with E-state index in [1.54, 1.807) is 11.2 Å². The fourth-order valence-corrected chi connectivity index (χ4v) is 3.15. The first-order valence-electron chi connectivity index (χ1n) is 9.15. The number of ether oxygens (including phenoxy) is 1. The number of nitrogens with two attached hydrogens (primary N) is 1. The molecular weight excluding hydrogens is 344 g/mol. The first kappa shape index (κ1) is 18.9. The molecule has 3 rings (SSSR count). The molecule has 2 aromatic rings. The van der Waals surface area contributed by atoms with Gasteiger partial charge in [-0.3, -0.25) is 0 Å². The average molecular weight is 372 g/mol. The summed E-state index contributed by atoms with van der Waals surface area (Å²) in [5.74, 6) is 0.730. The molecule has 2 heterocycles. The molecule has 0 radical (unpaired) electrons. The van der Waals surface area contributed by atoms with Crippen LogP contribution in [-0.2, 0) is 4.74 Å². The number of carbonyl (C=O) groups is 1. The average Bonchev–Trinajstić information content (AvgIpc) is 3.15. The summed E-state index contributed by atoms with van der Waals surface area (Å²) in [5.41, 5.74) is 8.54. The summed E-state index contributed by atoms with van der Waals surface area (Å²) in [6.45, 7) is 8.25. The van der Waals surface area contributed by atoms with E-state index >= 15 is 0 Å². The van der Waals surface area contributed by atoms with Crippen LogP contribution >= 0.6 is 0 Å². The Hall–Kier alpha value is -2.83. The van der Waals surface area contributed by atoms with Crippen molar-refractivity contribution in [2.45, 2.75) is 26.4 Å². The Balaban J connectivity index is 1.70. The third-order valence-electron chi connectivity index (χ3n) is 4.53. The molecule has 2 N–H and O–H groups in total. The highest BCUT2D eigenvalue weighted by atomic mass is 16.6. The van der Waals surface area contributed by atoms with Gasteiger partial charge < -0.3 is 29.6 Å². The van der Waals surface area contributed by atoms with Crippen molar-refractivity contribution >= 4 is 29.0 Å². The summed E-state index contributed by atoms with van der Waals surface area (Å²) in [5, 5.41) is 0. The highest BCUT2D eigenvalue weighted by Gasteiger charge is 2.27. The largest absolute Gasteiger partial charge is 0.448 e. The lowest BCUT2D eigenvalue weighted by atomic mass is 10.1. The number of hydrogen-bond acceptors (Lipinski definition) is 6. The summed E-state index contributed by atoms with van der Waals surface area (Å²) >= 11 is 0. The van der Waals surface area contributed by atoms with E-state index in [4.69, 9.17) is 14.9 Å². The lowest BCUT2D eigenvalue weighted by Gasteiger charge is -2.37. The zero-order valence-corrected chi connectivity index (χ0v) is 16.4. The number of nitrogens with zero attached hydrogens (tertiary/aromatic N) is 3. The lowest BCUT2D eigenvalue weighted by molar-refractivity contribution is 0.0240. The number of piperazine rings is 1. The molecule has 0 atom stereocenters. The fourth-order valence-electron chi connectivity index (χ4n) is 3.15. The molecule has 1 aromatic heterocycles. The van der Waals surface area contributed by atoms with Crippen LogP contribution in [0.2, 0.25) is 0 Å². The molecule has 1 saturated heterocycles. The molecule has 7 nitrogen and oxygen atoms in total. The molecular formula is C20H28N4O3. The lowest BCUT2D eigenvalue weighted by Crippen LogP contribution is -2.50. The molecule has 0 spiro atoms. The topological polar surface area (TPSA) is 75.2 Å². The maximum absolute atomic E-state index is 12.2. The van der Waals surface area contributed by atoms with Crippen molar-refractivity contribution < 1.29 is 13.9 Å². The number of hydrogen-bond donors (Lipinski definition) is 1. The number of carbonyl (C=O) groups excluding carboxylic acids is 1. The second-order valence-corrected chi connectivity index (χ2v) is 7.67. The van der Waals surface area contributed by atoms with Crippen LogP contribution in [0.15, 0.2) is 41.0 Å². The maximum atomic E-state index is 12.2. The molecule has 7 heteroatoms. The first-order chi connectivity index (χ1) is 12.8. The number of amides is 1. The molecule has 1 aliphatic rings. The van der Waals surface area contributed by atoms with Gasteiger partial charge in [-0.1, -0.05) is 6.07 Å². The van der Waals surface area contributed by atoms with Gasteiger partial charge in [0.25, 0.3) is 0 Å². The molecule has 0 unspecified atom stereocenters. The third kappa shape index (κ3) is 4.30. The molecule has 1 aliphatic heterocycles. The van der Waals surface area contributed by atoms with Crippen molar-refractivity contribution in [3.8, 4) is 0 Å². The van der Waals surface area contributed by atoms with E-state index in [9.17, 15) is 4.79 Å². The van der Waals surface area contributed by atoms with Crippen LogP contribution in [0.3, 0.4) is 0 Å². The fraction of sp³-hybridized carbons (Fsp3) is 0.450. The Morgan fingerprint density at radius 3 is 2.44 bits per heavy atom. The minimum atomic E-state index is -0.483. The van der Waals surface area contributed by atoms with Gasteiger partial charge in [0.15, 0.2) is 5.88 Å². The normalized spacial score (nSPS) is 15.0. The van der Waals surface area contributed by atoms with Gasteiger partial charge in [0.1, 0.15) is 5.60 Å². The molecule has 146 valence electrons. The summed E-state index contributed by atoms with van der Waals surface area (Å²) in [6, 6.07) is 9.71. The van der Waals surface area contributed by atoms with Gasteiger partial charge in [0.05, 0.1) is 23.3 Å². The first-order valence-corrected chi connectivity index (χ1v) is 9.15. The molecule has 0 saturated carbocycles. The minimum Gasteiger partial charge on any atom is -0.448 e. The van der Waals surface area contributed by atoms with Crippen molar-refractivity contribution in [1.82, 2.24) is 4.90 Å². The predicted octanol–water partition coefficient (Wildman–Crippen LogP) is 3.69. The zero-order valence-electron chi connectivity index (χ0n) is 16.4. The third-order valence-corrected chi connectivity index (χ3v) is 4.53. The number of para-hydroxylation sites is 1. The van der Waals surface area contributed by atoms with Crippen LogP contribution in [0.1, 0.15) is 20.8 Å². The van der Waals surface area contributed by atoms with Crippen molar-refractivity contribution in [3.63, 3.8) is 0 Å². The summed E-state index contributed by atoms with van der Waals surface area (Å²) in [4.78, 5) is 18.1. The maximum Gasteiger partial charge on any atom is 0.410 e. The second-order valence-electron chi connectivity index (χ2n) is 7.67. The van der Waals surface area contributed by atoms with Crippen LogP contribution in [0.25, 0.3) is 0 Å². The molecule has 0 bridgehead atoms. The quantitative estimate of drug-likeness (QED) is 0.828. The van der Waals surface area contributed by atoms with Gasteiger partial charge in [-0.05, 0) is 39.0 Å². The SMILES string of the molecule is CN(c1ccco1)c1cccc(N2CCN(C(=O)OC(C)(C)C)CC2)c1N. The molecule has 27 heavy (non-hydrogen) atoms. The van der Waals surface area contributed by atoms with Crippen LogP contribution in [0.5, 0.6) is 0 Å². The number of benzene rings is 1. The van der Waals surface area contributed by atoms with Gasteiger partial charge in [0, 0.05) is 39.3 Å². The Morgan fingerprint density at radius 1 is 1.15 bits per heavy atom. The van der Waals surface area contributed by atoms with Crippen LogP contribution in [-0.4, -0.2) is 49.8 Å². The van der Waals surface area contributed by atoms with E-state index in [-0.39, 0.29) is 6.09 Å². The molecule has 1 aromatic carbocycles. The van der Waals surface area contributed by atoms with E-state index in [0.717, 1.165) is 17.3 Å². The van der Waals surface area contributed by atoms with Gasteiger partial charge in [-0.15, -0.1) is 0 Å². The van der Waals surface area contributed by atoms with Crippen LogP contribution in [0.4, 0.5) is 27.7 Å². The second kappa shape index (κ2) is 7.42. The van der Waals surface area contributed by atoms with E-state index in [2.05, 4.69) is 4.90 Å². The van der Waals surface area contributed by atoms with Crippen molar-refractivity contribution in [1.29, 1.82) is 0 Å². The highest BCUT2D eigenvalue weighted by Crippen LogP contribution is 2.36. The van der Waals surface area contributed by atoms with E-state index in [0.29, 0.717) is 31.9 Å². The van der Waals surface area contributed by atoms with E-state index in [1.165, 1.54) is 0 Å². The number of furan rings is 1. The van der Waals surface area contributed by atoms with Crippen LogP contribution in [0, 0.1) is 0 Å². The summed E-state index contributed by atoms with van der Waals surface area (Å²) in [7, 11) is 1.93. The molecule has 1 amide bonds. The van der Waals surface area contributed by atoms with E-state index < -0.39 is 5.60 Å². The molecule has 1 fully saturated rings. The van der Waals surface area contributed by atoms with Gasteiger partial charge >= 0.3 is 6.09 Å². The predicted molar refractivity (Wildman–Crippen MR) is 108 cm³/mol. The van der Waals surface area contributed by atoms with Gasteiger partial charge in [-0.2, -0.15) is 0 Å². The standard InChI is InChI=1S/C20H28N4O3/c1-20(2,3)27-19(25)24-12-10-23(11-13-24)16-8-5-7-15(18(16)21)22(4)17-9-6-14-26-17/h5-9,14H,10-13,21H2,1-4H3. The number of nitrogen functional groups attached to an aromatic ring is 1. The van der Waals surface area contributed by atoms with E-state index in [1.807, 2.05) is 63.1 Å². The Morgan fingerprint density at radius 2 is 1.85 bits per heavy atom. The van der Waals surface area contributed by atoms with Crippen molar-refractivity contribution in [3.05, 3.63) is 36.6 Å². The minimum absolute atomic E-state index is 0.263. The van der Waals surface area contributed by atoms with Crippen molar-refractivity contribution in [2.75, 3.05) is 48.8 Å². The van der Waals surface area contributed by atoms with Crippen LogP contribution < -0.4 is 15.5 Å². The smallest absolute Gasteiger partial charge is 0.410 e. The Labute approximate surface area is 160 Å². The molecule has 0 aliphatic carbocycles. The monoisotopic (exact) mass is 372 g/mol. The number of anilines is 4. The Bertz CT molecular complexity index is 775. The van der Waals surface area contributed by atoms with Crippen molar-refractivity contribution in [2.24, 2.45) is 0 Å². The Kier molecular flexibility index (Phi) is 5.21. The van der Waals surface area contributed by atoms with Gasteiger partial charge in [-0.25, -0.2) is 4.79 Å².